The van der Waals surface area contributed by atoms with Crippen molar-refractivity contribution >= 4 is 5.97 Å². The topological polar surface area (TPSA) is 52.3 Å². The Morgan fingerprint density at radius 2 is 2.12 bits per heavy atom. The molecule has 17 heavy (non-hydrogen) atoms. The first-order valence-corrected chi connectivity index (χ1v) is 6.96. The Hall–Kier alpha value is -0.570. The van der Waals surface area contributed by atoms with E-state index in [-0.39, 0.29) is 12.1 Å². The third-order valence-electron chi connectivity index (χ3n) is 5.69. The zero-order valence-electron chi connectivity index (χ0n) is 10.8. The molecule has 3 heteroatoms. The van der Waals surface area contributed by atoms with Crippen molar-refractivity contribution in [2.24, 2.45) is 28.9 Å². The lowest BCUT2D eigenvalue weighted by molar-refractivity contribution is -0.148. The number of nitrogens with two attached hydrogens (primary N) is 1. The van der Waals surface area contributed by atoms with Gasteiger partial charge in [-0.1, -0.05) is 6.92 Å². The SMILES string of the molecule is CC(=O)O[C@@H]1CC2(C[C@H]1C)[C@H]1CC[C@H](C1)[C@H]2N. The minimum atomic E-state index is -0.143. The minimum absolute atomic E-state index is 0.109. The van der Waals surface area contributed by atoms with E-state index in [0.717, 1.165) is 24.7 Å². The molecule has 0 aromatic carbocycles. The fraction of sp³-hybridized carbons (Fsp3) is 0.929. The molecule has 3 aliphatic carbocycles. The van der Waals surface area contributed by atoms with Gasteiger partial charge in [-0.05, 0) is 55.3 Å². The van der Waals surface area contributed by atoms with Crippen LogP contribution in [-0.4, -0.2) is 18.1 Å². The molecule has 2 bridgehead atoms. The van der Waals surface area contributed by atoms with E-state index in [1.54, 1.807) is 0 Å². The van der Waals surface area contributed by atoms with Gasteiger partial charge in [0.05, 0.1) is 0 Å². The van der Waals surface area contributed by atoms with Gasteiger partial charge in [-0.25, -0.2) is 0 Å². The van der Waals surface area contributed by atoms with Gasteiger partial charge in [0, 0.05) is 13.0 Å². The molecule has 1 unspecified atom stereocenters. The molecule has 2 N–H and O–H groups in total. The summed E-state index contributed by atoms with van der Waals surface area (Å²) in [6.07, 6.45) is 6.26. The molecular formula is C14H23NO2. The maximum Gasteiger partial charge on any atom is 0.302 e. The molecule has 3 fully saturated rings. The van der Waals surface area contributed by atoms with Gasteiger partial charge >= 0.3 is 5.97 Å². The van der Waals surface area contributed by atoms with Gasteiger partial charge in [0.2, 0.25) is 0 Å². The van der Waals surface area contributed by atoms with Crippen LogP contribution in [0.15, 0.2) is 0 Å². The van der Waals surface area contributed by atoms with E-state index in [4.69, 9.17) is 10.5 Å². The molecule has 0 aromatic rings. The Balaban J connectivity index is 1.80. The van der Waals surface area contributed by atoms with Crippen molar-refractivity contribution in [1.82, 2.24) is 0 Å². The lowest BCUT2D eigenvalue weighted by Crippen LogP contribution is -2.45. The van der Waals surface area contributed by atoms with Crippen LogP contribution < -0.4 is 5.73 Å². The first-order chi connectivity index (χ1) is 8.03. The first-order valence-electron chi connectivity index (χ1n) is 6.96. The second kappa shape index (κ2) is 3.71. The molecule has 1 spiro atoms. The Labute approximate surface area is 103 Å². The summed E-state index contributed by atoms with van der Waals surface area (Å²) in [5.41, 5.74) is 6.77. The largest absolute Gasteiger partial charge is 0.462 e. The highest BCUT2D eigenvalue weighted by atomic mass is 16.5. The smallest absolute Gasteiger partial charge is 0.302 e. The predicted molar refractivity (Wildman–Crippen MR) is 65.2 cm³/mol. The van der Waals surface area contributed by atoms with Crippen LogP contribution in [0.3, 0.4) is 0 Å². The number of carbonyl (C=O) groups excluding carboxylic acids is 1. The van der Waals surface area contributed by atoms with Gasteiger partial charge in [0.1, 0.15) is 6.10 Å². The summed E-state index contributed by atoms with van der Waals surface area (Å²) in [5, 5.41) is 0. The van der Waals surface area contributed by atoms with Gasteiger partial charge in [-0.2, -0.15) is 0 Å². The molecule has 3 rings (SSSR count). The minimum Gasteiger partial charge on any atom is -0.462 e. The quantitative estimate of drug-likeness (QED) is 0.710. The van der Waals surface area contributed by atoms with Crippen LogP contribution in [0.2, 0.25) is 0 Å². The van der Waals surface area contributed by atoms with Gasteiger partial charge in [0.15, 0.2) is 0 Å². The fourth-order valence-electron chi connectivity index (χ4n) is 4.97. The van der Waals surface area contributed by atoms with Crippen molar-refractivity contribution in [2.45, 2.75) is 58.1 Å². The summed E-state index contributed by atoms with van der Waals surface area (Å²) in [7, 11) is 0. The van der Waals surface area contributed by atoms with Crippen LogP contribution in [0.5, 0.6) is 0 Å². The number of hydrogen-bond donors (Lipinski definition) is 1. The van der Waals surface area contributed by atoms with Crippen molar-refractivity contribution < 1.29 is 9.53 Å². The van der Waals surface area contributed by atoms with Crippen LogP contribution >= 0.6 is 0 Å². The molecule has 0 aromatic heterocycles. The molecule has 6 atom stereocenters. The maximum absolute atomic E-state index is 11.1. The maximum atomic E-state index is 11.1. The molecule has 0 amide bonds. The van der Waals surface area contributed by atoms with Crippen LogP contribution in [0.4, 0.5) is 0 Å². The summed E-state index contributed by atoms with van der Waals surface area (Å²) < 4.78 is 5.47. The summed E-state index contributed by atoms with van der Waals surface area (Å²) in [6.45, 7) is 3.72. The Kier molecular flexibility index (Phi) is 2.51. The van der Waals surface area contributed by atoms with Crippen LogP contribution in [-0.2, 0) is 9.53 Å². The highest BCUT2D eigenvalue weighted by molar-refractivity contribution is 5.66. The van der Waals surface area contributed by atoms with Gasteiger partial charge < -0.3 is 10.5 Å². The molecule has 3 saturated carbocycles. The summed E-state index contributed by atoms with van der Waals surface area (Å²) in [6, 6.07) is 0.351. The van der Waals surface area contributed by atoms with Crippen molar-refractivity contribution in [3.63, 3.8) is 0 Å². The second-order valence-electron chi connectivity index (χ2n) is 6.56. The molecule has 0 radical (unpaired) electrons. The lowest BCUT2D eigenvalue weighted by Gasteiger charge is -2.39. The zero-order valence-corrected chi connectivity index (χ0v) is 10.8. The molecular weight excluding hydrogens is 214 g/mol. The number of fused-ring (bicyclic) bond motifs is 3. The van der Waals surface area contributed by atoms with E-state index < -0.39 is 0 Å². The van der Waals surface area contributed by atoms with E-state index in [9.17, 15) is 4.79 Å². The number of hydrogen-bond acceptors (Lipinski definition) is 3. The molecule has 96 valence electrons. The number of rotatable bonds is 1. The number of esters is 1. The van der Waals surface area contributed by atoms with E-state index in [1.165, 1.54) is 26.2 Å². The standard InChI is InChI=1S/C14H23NO2/c1-8-6-14(7-12(8)17-9(2)16)11-4-3-10(5-11)13(14)15/h8,10-13H,3-7,15H2,1-2H3/t8-,10-,11+,12-,13-,14?/m1/s1. The Morgan fingerprint density at radius 3 is 2.71 bits per heavy atom. The molecule has 3 nitrogen and oxygen atoms in total. The van der Waals surface area contributed by atoms with Crippen LogP contribution in [0.1, 0.15) is 46.0 Å². The average molecular weight is 237 g/mol. The molecule has 0 saturated heterocycles. The lowest BCUT2D eigenvalue weighted by atomic mass is 9.68. The molecule has 3 aliphatic rings. The fourth-order valence-corrected chi connectivity index (χ4v) is 4.97. The Bertz CT molecular complexity index is 339. The van der Waals surface area contributed by atoms with E-state index in [1.807, 2.05) is 0 Å². The normalized spacial score (nSPS) is 52.3. The monoisotopic (exact) mass is 237 g/mol. The van der Waals surface area contributed by atoms with Gasteiger partial charge in [-0.15, -0.1) is 0 Å². The van der Waals surface area contributed by atoms with Gasteiger partial charge in [0.25, 0.3) is 0 Å². The zero-order chi connectivity index (χ0) is 12.2. The summed E-state index contributed by atoms with van der Waals surface area (Å²) in [5.74, 6) is 1.87. The van der Waals surface area contributed by atoms with Crippen molar-refractivity contribution in [2.75, 3.05) is 0 Å². The predicted octanol–water partition coefficient (Wildman–Crippen LogP) is 2.09. The first kappa shape index (κ1) is 11.5. The number of ether oxygens (including phenoxy) is 1. The third kappa shape index (κ3) is 1.55. The summed E-state index contributed by atoms with van der Waals surface area (Å²) >= 11 is 0. The number of carbonyl (C=O) groups is 1. The van der Waals surface area contributed by atoms with E-state index in [2.05, 4.69) is 6.92 Å². The van der Waals surface area contributed by atoms with Gasteiger partial charge in [-0.3, -0.25) is 4.79 Å². The van der Waals surface area contributed by atoms with Crippen molar-refractivity contribution in [3.8, 4) is 0 Å². The molecule has 0 aliphatic heterocycles. The third-order valence-corrected chi connectivity index (χ3v) is 5.69. The Morgan fingerprint density at radius 1 is 1.35 bits per heavy atom. The van der Waals surface area contributed by atoms with Crippen LogP contribution in [0, 0.1) is 23.2 Å². The average Bonchev–Trinajstić information content (AvgIpc) is 2.87. The highest BCUT2D eigenvalue weighted by Crippen LogP contribution is 2.63. The van der Waals surface area contributed by atoms with E-state index in [0.29, 0.717) is 17.4 Å². The second-order valence-corrected chi connectivity index (χ2v) is 6.56. The van der Waals surface area contributed by atoms with Crippen LogP contribution in [0.25, 0.3) is 0 Å². The molecule has 0 heterocycles. The summed E-state index contributed by atoms with van der Waals surface area (Å²) in [4.78, 5) is 11.1. The van der Waals surface area contributed by atoms with Crippen molar-refractivity contribution in [3.05, 3.63) is 0 Å². The van der Waals surface area contributed by atoms with E-state index >= 15 is 0 Å². The highest BCUT2D eigenvalue weighted by Gasteiger charge is 2.61. The van der Waals surface area contributed by atoms with Crippen molar-refractivity contribution in [1.29, 1.82) is 0 Å².